The van der Waals surface area contributed by atoms with Crippen molar-refractivity contribution in [1.82, 2.24) is 10.7 Å². The van der Waals surface area contributed by atoms with Gasteiger partial charge < -0.3 is 16.5 Å². The second-order valence-corrected chi connectivity index (χ2v) is 2.38. The molecule has 64 valence electrons. The third kappa shape index (κ3) is 7.01. The van der Waals surface area contributed by atoms with Gasteiger partial charge in [-0.3, -0.25) is 4.79 Å². The van der Waals surface area contributed by atoms with Crippen LogP contribution in [0.4, 0.5) is 0 Å². The highest BCUT2D eigenvalue weighted by Crippen LogP contribution is 1.83. The number of carbonyl (C=O) groups is 1. The summed E-state index contributed by atoms with van der Waals surface area (Å²) in [7, 11) is 0. The molecule has 0 aliphatic heterocycles. The molecule has 0 atom stereocenters. The number of hydrogen-bond acceptors (Lipinski definition) is 3. The van der Waals surface area contributed by atoms with Gasteiger partial charge in [-0.25, -0.2) is 5.84 Å². The van der Waals surface area contributed by atoms with Crippen molar-refractivity contribution in [2.24, 2.45) is 11.6 Å². The molecule has 0 spiro atoms. The van der Waals surface area contributed by atoms with Gasteiger partial charge in [0.15, 0.2) is 5.11 Å². The molecule has 0 saturated carbocycles. The summed E-state index contributed by atoms with van der Waals surface area (Å²) in [4.78, 5) is 10.2. The Morgan fingerprint density at radius 3 is 2.64 bits per heavy atom. The van der Waals surface area contributed by atoms with E-state index in [1.807, 2.05) is 0 Å². The Hall–Kier alpha value is -0.880. The molecule has 0 aliphatic rings. The fourth-order valence-corrected chi connectivity index (χ4v) is 0.618. The summed E-state index contributed by atoms with van der Waals surface area (Å²) < 4.78 is 0. The maximum atomic E-state index is 10.2. The van der Waals surface area contributed by atoms with Gasteiger partial charge in [0.05, 0.1) is 0 Å². The van der Waals surface area contributed by atoms with Crippen LogP contribution in [0.2, 0.25) is 0 Å². The summed E-state index contributed by atoms with van der Waals surface area (Å²) in [5.41, 5.74) is 7.16. The van der Waals surface area contributed by atoms with Crippen LogP contribution in [0.1, 0.15) is 12.8 Å². The Morgan fingerprint density at radius 2 is 2.18 bits per heavy atom. The monoisotopic (exact) mass is 176 g/mol. The van der Waals surface area contributed by atoms with E-state index >= 15 is 0 Å². The normalized spacial score (nSPS) is 8.82. The smallest absolute Gasteiger partial charge is 0.217 e. The Morgan fingerprint density at radius 1 is 1.55 bits per heavy atom. The average molecular weight is 176 g/mol. The van der Waals surface area contributed by atoms with E-state index < -0.39 is 0 Å². The summed E-state index contributed by atoms with van der Waals surface area (Å²) in [6.45, 7) is 0.603. The molecule has 0 aromatic heterocycles. The van der Waals surface area contributed by atoms with Gasteiger partial charge in [0.25, 0.3) is 0 Å². The van der Waals surface area contributed by atoms with E-state index in [4.69, 9.17) is 11.6 Å². The minimum Gasteiger partial charge on any atom is -0.370 e. The lowest BCUT2D eigenvalue weighted by atomic mass is 10.3. The Labute approximate surface area is 70.5 Å². The molecule has 0 aliphatic carbocycles. The molecule has 0 heterocycles. The van der Waals surface area contributed by atoms with Gasteiger partial charge in [0, 0.05) is 13.0 Å². The lowest BCUT2D eigenvalue weighted by molar-refractivity contribution is -0.118. The van der Waals surface area contributed by atoms with Gasteiger partial charge >= 0.3 is 0 Å². The number of rotatable bonds is 4. The summed E-state index contributed by atoms with van der Waals surface area (Å²) in [6.07, 6.45) is 1.03. The summed E-state index contributed by atoms with van der Waals surface area (Å²) in [5, 5.41) is 3.15. The van der Waals surface area contributed by atoms with Crippen LogP contribution in [-0.4, -0.2) is 17.6 Å². The Bertz CT molecular complexity index is 149. The van der Waals surface area contributed by atoms with Gasteiger partial charge in [0.2, 0.25) is 5.91 Å². The van der Waals surface area contributed by atoms with Crippen molar-refractivity contribution in [1.29, 1.82) is 0 Å². The van der Waals surface area contributed by atoms with Crippen LogP contribution < -0.4 is 22.3 Å². The van der Waals surface area contributed by atoms with E-state index in [1.54, 1.807) is 0 Å². The summed E-state index contributed by atoms with van der Waals surface area (Å²) in [6, 6.07) is 0. The van der Waals surface area contributed by atoms with Crippen LogP contribution in [-0.2, 0) is 4.79 Å². The highest BCUT2D eigenvalue weighted by atomic mass is 32.1. The predicted octanol–water partition coefficient (Wildman–Crippen LogP) is -1.41. The molecule has 0 bridgehead atoms. The first kappa shape index (κ1) is 10.1. The Kier molecular flexibility index (Phi) is 5.40. The SMILES string of the molecule is NNC(=S)NCCCC(N)=O. The van der Waals surface area contributed by atoms with Crippen LogP contribution in [0.3, 0.4) is 0 Å². The molecular weight excluding hydrogens is 164 g/mol. The van der Waals surface area contributed by atoms with E-state index in [9.17, 15) is 4.79 Å². The van der Waals surface area contributed by atoms with Crippen molar-refractivity contribution in [3.63, 3.8) is 0 Å². The third-order valence-corrected chi connectivity index (χ3v) is 1.28. The van der Waals surface area contributed by atoms with E-state index in [2.05, 4.69) is 23.0 Å². The van der Waals surface area contributed by atoms with Gasteiger partial charge in [0.1, 0.15) is 0 Å². The fraction of sp³-hybridized carbons (Fsp3) is 0.600. The highest BCUT2D eigenvalue weighted by Gasteiger charge is 1.94. The van der Waals surface area contributed by atoms with Crippen LogP contribution in [0.5, 0.6) is 0 Å². The fourth-order valence-electron chi connectivity index (χ4n) is 0.516. The topological polar surface area (TPSA) is 93.2 Å². The largest absolute Gasteiger partial charge is 0.370 e. The molecule has 0 unspecified atom stereocenters. The first-order valence-corrected chi connectivity index (χ1v) is 3.60. The predicted molar refractivity (Wildman–Crippen MR) is 46.4 cm³/mol. The molecule has 6 heteroatoms. The van der Waals surface area contributed by atoms with Crippen molar-refractivity contribution in [2.45, 2.75) is 12.8 Å². The number of hydrazine groups is 1. The number of hydrogen-bond donors (Lipinski definition) is 4. The second kappa shape index (κ2) is 5.87. The molecule has 0 rings (SSSR count). The van der Waals surface area contributed by atoms with Crippen LogP contribution in [0.15, 0.2) is 0 Å². The van der Waals surface area contributed by atoms with E-state index in [-0.39, 0.29) is 5.91 Å². The van der Waals surface area contributed by atoms with Gasteiger partial charge in [-0.05, 0) is 18.6 Å². The number of nitrogens with two attached hydrogens (primary N) is 2. The maximum Gasteiger partial charge on any atom is 0.217 e. The zero-order valence-corrected chi connectivity index (χ0v) is 6.91. The number of nitrogens with one attached hydrogen (secondary N) is 2. The third-order valence-electron chi connectivity index (χ3n) is 1.02. The quantitative estimate of drug-likeness (QED) is 0.183. The minimum absolute atomic E-state index is 0.307. The van der Waals surface area contributed by atoms with Gasteiger partial charge in [-0.2, -0.15) is 0 Å². The lowest BCUT2D eigenvalue weighted by Crippen LogP contribution is -2.40. The molecule has 0 saturated heterocycles. The molecule has 1 amide bonds. The van der Waals surface area contributed by atoms with Crippen molar-refractivity contribution >= 4 is 23.2 Å². The first-order valence-electron chi connectivity index (χ1n) is 3.19. The molecule has 0 aromatic rings. The number of amides is 1. The summed E-state index contributed by atoms with van der Waals surface area (Å²) >= 11 is 4.67. The first-order chi connectivity index (χ1) is 5.16. The van der Waals surface area contributed by atoms with Gasteiger partial charge in [-0.1, -0.05) is 0 Å². The molecule has 0 fully saturated rings. The lowest BCUT2D eigenvalue weighted by Gasteiger charge is -2.04. The van der Waals surface area contributed by atoms with E-state index in [0.717, 1.165) is 0 Å². The minimum atomic E-state index is -0.307. The van der Waals surface area contributed by atoms with E-state index in [1.165, 1.54) is 0 Å². The molecule has 5 nitrogen and oxygen atoms in total. The molecule has 0 radical (unpaired) electrons. The van der Waals surface area contributed by atoms with Crippen molar-refractivity contribution in [2.75, 3.05) is 6.54 Å². The summed E-state index contributed by atoms with van der Waals surface area (Å²) in [5.74, 6) is 4.66. The maximum absolute atomic E-state index is 10.2. The zero-order valence-electron chi connectivity index (χ0n) is 6.09. The van der Waals surface area contributed by atoms with Crippen LogP contribution in [0.25, 0.3) is 0 Å². The molecular formula is C5H12N4OS. The number of primary amides is 1. The Balaban J connectivity index is 3.14. The second-order valence-electron chi connectivity index (χ2n) is 1.97. The standard InChI is InChI=1S/C5H12N4OS/c6-4(10)2-1-3-8-5(11)9-7/h1-3,7H2,(H2,6,10)(H2,8,9,11). The average Bonchev–Trinajstić information content (AvgIpc) is 1.97. The number of thiocarbonyl (C=S) groups is 1. The zero-order chi connectivity index (χ0) is 8.69. The molecule has 11 heavy (non-hydrogen) atoms. The van der Waals surface area contributed by atoms with Crippen LogP contribution >= 0.6 is 12.2 Å². The highest BCUT2D eigenvalue weighted by molar-refractivity contribution is 7.80. The molecule has 6 N–H and O–H groups in total. The van der Waals surface area contributed by atoms with Crippen molar-refractivity contribution in [3.05, 3.63) is 0 Å². The molecule has 0 aromatic carbocycles. The van der Waals surface area contributed by atoms with Crippen LogP contribution in [0, 0.1) is 0 Å². The van der Waals surface area contributed by atoms with Crippen molar-refractivity contribution in [3.8, 4) is 0 Å². The van der Waals surface area contributed by atoms with Gasteiger partial charge in [-0.15, -0.1) is 0 Å². The van der Waals surface area contributed by atoms with E-state index in [0.29, 0.717) is 24.5 Å². The number of carbonyl (C=O) groups excluding carboxylic acids is 1. The van der Waals surface area contributed by atoms with Crippen molar-refractivity contribution < 1.29 is 4.79 Å².